The van der Waals surface area contributed by atoms with Gasteiger partial charge in [-0.3, -0.25) is 9.78 Å². The highest BCUT2D eigenvalue weighted by molar-refractivity contribution is 7.97. The number of hydrogen-bond donors (Lipinski definition) is 1. The van der Waals surface area contributed by atoms with Crippen LogP contribution in [0.4, 0.5) is 11.4 Å². The van der Waals surface area contributed by atoms with Crippen molar-refractivity contribution in [3.05, 3.63) is 82.1 Å². The molecule has 0 spiro atoms. The fourth-order valence-electron chi connectivity index (χ4n) is 3.43. The van der Waals surface area contributed by atoms with Gasteiger partial charge < -0.3 is 10.2 Å². The third kappa shape index (κ3) is 5.71. The minimum absolute atomic E-state index is 0.127. The summed E-state index contributed by atoms with van der Waals surface area (Å²) in [5, 5.41) is 4.26. The van der Waals surface area contributed by atoms with E-state index >= 15 is 0 Å². The molecule has 5 nitrogen and oxygen atoms in total. The third-order valence-corrected chi connectivity index (χ3v) is 6.61. The first-order valence-corrected chi connectivity index (χ1v) is 11.5. The van der Waals surface area contributed by atoms with Crippen LogP contribution in [-0.2, 0) is 0 Å². The normalized spacial score (nSPS) is 14.5. The van der Waals surface area contributed by atoms with Crippen LogP contribution in [0.25, 0.3) is 0 Å². The Balaban J connectivity index is 1.31. The van der Waals surface area contributed by atoms with Crippen LogP contribution < -0.4 is 10.2 Å². The van der Waals surface area contributed by atoms with Gasteiger partial charge in [0.05, 0.1) is 0 Å². The van der Waals surface area contributed by atoms with Crippen LogP contribution in [0, 0.1) is 6.92 Å². The maximum atomic E-state index is 12.5. The van der Waals surface area contributed by atoms with Crippen LogP contribution >= 0.6 is 35.1 Å². The topological polar surface area (TPSA) is 48.5 Å². The third-order valence-electron chi connectivity index (χ3n) is 5.06. The first kappa shape index (κ1) is 22.0. The number of piperazine rings is 1. The van der Waals surface area contributed by atoms with Crippen molar-refractivity contribution in [3.63, 3.8) is 0 Å². The van der Waals surface area contributed by atoms with Gasteiger partial charge in [-0.05, 0) is 73.0 Å². The van der Waals surface area contributed by atoms with Crippen LogP contribution in [0.2, 0.25) is 10.0 Å². The predicted molar refractivity (Wildman–Crippen MR) is 129 cm³/mol. The van der Waals surface area contributed by atoms with Gasteiger partial charge in [-0.15, -0.1) is 0 Å². The molecular formula is C23H22Cl2N4OS. The smallest absolute Gasteiger partial charge is 0.256 e. The molecule has 1 fully saturated rings. The lowest BCUT2D eigenvalue weighted by atomic mass is 10.1. The highest BCUT2D eigenvalue weighted by Crippen LogP contribution is 2.29. The number of carbonyl (C=O) groups excluding carboxylic acids is 1. The zero-order valence-corrected chi connectivity index (χ0v) is 19.3. The molecule has 0 bridgehead atoms. The van der Waals surface area contributed by atoms with E-state index in [4.69, 9.17) is 23.2 Å². The molecule has 160 valence electrons. The van der Waals surface area contributed by atoms with Crippen molar-refractivity contribution < 1.29 is 4.79 Å². The van der Waals surface area contributed by atoms with E-state index < -0.39 is 0 Å². The molecular weight excluding hydrogens is 451 g/mol. The van der Waals surface area contributed by atoms with Gasteiger partial charge in [-0.2, -0.15) is 0 Å². The Bertz CT molecular complexity index is 1050. The molecule has 1 N–H and O–H groups in total. The van der Waals surface area contributed by atoms with Crippen molar-refractivity contribution >= 4 is 52.4 Å². The molecule has 1 saturated heterocycles. The predicted octanol–water partition coefficient (Wildman–Crippen LogP) is 5.78. The second-order valence-electron chi connectivity index (χ2n) is 7.30. The van der Waals surface area contributed by atoms with E-state index in [2.05, 4.69) is 19.5 Å². The van der Waals surface area contributed by atoms with Crippen molar-refractivity contribution in [2.45, 2.75) is 11.8 Å². The Hall–Kier alpha value is -2.25. The first-order chi connectivity index (χ1) is 15.0. The number of nitrogens with one attached hydrogen (secondary N) is 1. The van der Waals surface area contributed by atoms with Crippen molar-refractivity contribution in [3.8, 4) is 0 Å². The number of aryl methyl sites for hydroxylation is 1. The Kier molecular flexibility index (Phi) is 7.02. The lowest BCUT2D eigenvalue weighted by molar-refractivity contribution is 0.102. The van der Waals surface area contributed by atoms with Crippen LogP contribution in [0.15, 0.2) is 65.8 Å². The van der Waals surface area contributed by atoms with Gasteiger partial charge in [-0.25, -0.2) is 4.31 Å². The summed E-state index contributed by atoms with van der Waals surface area (Å²) in [5.74, 6) is -0.127. The van der Waals surface area contributed by atoms with Gasteiger partial charge >= 0.3 is 0 Å². The van der Waals surface area contributed by atoms with Crippen LogP contribution in [0.5, 0.6) is 0 Å². The molecule has 2 aromatic carbocycles. The number of carbonyl (C=O) groups is 1. The molecule has 1 aliphatic heterocycles. The Morgan fingerprint density at radius 1 is 1.00 bits per heavy atom. The molecule has 8 heteroatoms. The van der Waals surface area contributed by atoms with E-state index in [9.17, 15) is 4.79 Å². The second-order valence-corrected chi connectivity index (χ2v) is 9.35. The largest absolute Gasteiger partial charge is 0.369 e. The minimum atomic E-state index is -0.127. The quantitative estimate of drug-likeness (QED) is 0.476. The van der Waals surface area contributed by atoms with Gasteiger partial charge in [0.1, 0.15) is 0 Å². The standard InChI is InChI=1S/C23H22Cl2N4OS/c1-16-15-26-7-6-22(16)23(30)27-19-2-4-21(5-3-19)31-29-10-8-28(9-11-29)20-13-17(24)12-18(25)14-20/h2-7,12-15H,8-11H2,1H3,(H,27,30). The van der Waals surface area contributed by atoms with Gasteiger partial charge in [0.15, 0.2) is 0 Å². The molecule has 31 heavy (non-hydrogen) atoms. The highest BCUT2D eigenvalue weighted by atomic mass is 35.5. The summed E-state index contributed by atoms with van der Waals surface area (Å²) >= 11 is 14.0. The van der Waals surface area contributed by atoms with E-state index in [0.717, 1.165) is 48.0 Å². The molecule has 0 atom stereocenters. The fourth-order valence-corrected chi connectivity index (χ4v) is 4.85. The van der Waals surface area contributed by atoms with Crippen molar-refractivity contribution in [1.29, 1.82) is 0 Å². The zero-order chi connectivity index (χ0) is 21.8. The monoisotopic (exact) mass is 472 g/mol. The molecule has 3 aromatic rings. The molecule has 1 aromatic heterocycles. The average Bonchev–Trinajstić information content (AvgIpc) is 2.75. The summed E-state index contributed by atoms with van der Waals surface area (Å²) in [6, 6.07) is 15.3. The van der Waals surface area contributed by atoms with Gasteiger partial charge in [0.2, 0.25) is 0 Å². The molecule has 0 aliphatic carbocycles. The molecule has 2 heterocycles. The number of anilines is 2. The Morgan fingerprint density at radius 3 is 2.32 bits per heavy atom. The van der Waals surface area contributed by atoms with Crippen LogP contribution in [0.1, 0.15) is 15.9 Å². The number of halogens is 2. The van der Waals surface area contributed by atoms with E-state index in [1.54, 1.807) is 36.5 Å². The van der Waals surface area contributed by atoms with Crippen molar-refractivity contribution in [2.75, 3.05) is 36.4 Å². The lowest BCUT2D eigenvalue weighted by Gasteiger charge is -2.35. The summed E-state index contributed by atoms with van der Waals surface area (Å²) in [7, 11) is 0. The summed E-state index contributed by atoms with van der Waals surface area (Å²) in [6.07, 6.45) is 3.32. The Labute approximate surface area is 196 Å². The molecule has 0 radical (unpaired) electrons. The summed E-state index contributed by atoms with van der Waals surface area (Å²) < 4.78 is 2.34. The molecule has 1 aliphatic rings. The lowest BCUT2D eigenvalue weighted by Crippen LogP contribution is -2.43. The number of benzene rings is 2. The molecule has 4 rings (SSSR count). The fraction of sp³-hybridized carbons (Fsp3) is 0.217. The molecule has 0 unspecified atom stereocenters. The summed E-state index contributed by atoms with van der Waals surface area (Å²) in [4.78, 5) is 19.9. The van der Waals surface area contributed by atoms with Gasteiger partial charge in [0.25, 0.3) is 5.91 Å². The number of aromatic nitrogens is 1. The second kappa shape index (κ2) is 9.92. The van der Waals surface area contributed by atoms with E-state index in [0.29, 0.717) is 15.6 Å². The summed E-state index contributed by atoms with van der Waals surface area (Å²) in [5.41, 5.74) is 3.32. The number of amides is 1. The zero-order valence-electron chi connectivity index (χ0n) is 17.0. The number of nitrogens with zero attached hydrogens (tertiary/aromatic N) is 3. The van der Waals surface area contributed by atoms with Crippen LogP contribution in [-0.4, -0.2) is 41.4 Å². The van der Waals surface area contributed by atoms with Gasteiger partial charge in [0, 0.05) is 70.5 Å². The van der Waals surface area contributed by atoms with Crippen LogP contribution in [0.3, 0.4) is 0 Å². The SMILES string of the molecule is Cc1cnccc1C(=O)Nc1ccc(SN2CCN(c3cc(Cl)cc(Cl)c3)CC2)cc1. The number of hydrogen-bond acceptors (Lipinski definition) is 5. The van der Waals surface area contributed by atoms with Gasteiger partial charge in [-0.1, -0.05) is 23.2 Å². The minimum Gasteiger partial charge on any atom is -0.369 e. The number of pyridine rings is 1. The molecule has 0 saturated carbocycles. The maximum Gasteiger partial charge on any atom is 0.256 e. The maximum absolute atomic E-state index is 12.5. The Morgan fingerprint density at radius 2 is 1.68 bits per heavy atom. The van der Waals surface area contributed by atoms with Crippen molar-refractivity contribution in [2.24, 2.45) is 0 Å². The first-order valence-electron chi connectivity index (χ1n) is 9.94. The highest BCUT2D eigenvalue weighted by Gasteiger charge is 2.19. The average molecular weight is 473 g/mol. The number of rotatable bonds is 5. The summed E-state index contributed by atoms with van der Waals surface area (Å²) in [6.45, 7) is 5.54. The van der Waals surface area contributed by atoms with E-state index in [1.165, 1.54) is 0 Å². The van der Waals surface area contributed by atoms with Crippen molar-refractivity contribution in [1.82, 2.24) is 9.29 Å². The molecule has 1 amide bonds. The van der Waals surface area contributed by atoms with E-state index in [-0.39, 0.29) is 5.91 Å². The van der Waals surface area contributed by atoms with E-state index in [1.807, 2.05) is 43.3 Å².